The molecule has 0 fully saturated rings. The van der Waals surface area contributed by atoms with Crippen molar-refractivity contribution >= 4 is 41.1 Å². The standard InChI is InChI=1S/C15H18Cl2N2O2.C7H8.C2H6/c1-5-21-15(20)9-18-19(11(4)10(2)3)14-7-6-12(16)8-13(14)17;1-7-5-3-2-4-6-7;1-2/h6-9H,5H2,1-4H3;2-6H,1H3;1-2H3/b18-9+;;. The van der Waals surface area contributed by atoms with Crippen LogP contribution >= 0.6 is 23.2 Å². The number of hydrogen-bond donors (Lipinski definition) is 0. The number of benzene rings is 2. The van der Waals surface area contributed by atoms with Crippen LogP contribution in [0.15, 0.2) is 64.9 Å². The van der Waals surface area contributed by atoms with Gasteiger partial charge in [0.25, 0.3) is 0 Å². The number of rotatable bonds is 5. The van der Waals surface area contributed by atoms with Crippen LogP contribution in [-0.2, 0) is 9.53 Å². The van der Waals surface area contributed by atoms with Crippen molar-refractivity contribution in [3.63, 3.8) is 0 Å². The van der Waals surface area contributed by atoms with Crippen LogP contribution in [0.1, 0.15) is 47.1 Å². The molecule has 0 atom stereocenters. The average Bonchev–Trinajstić information content (AvgIpc) is 2.72. The fourth-order valence-corrected chi connectivity index (χ4v) is 2.50. The molecule has 0 aliphatic carbocycles. The lowest BCUT2D eigenvalue weighted by Gasteiger charge is -2.22. The van der Waals surface area contributed by atoms with E-state index in [-0.39, 0.29) is 0 Å². The second kappa shape index (κ2) is 15.5. The van der Waals surface area contributed by atoms with Crippen LogP contribution in [0.4, 0.5) is 5.69 Å². The Balaban J connectivity index is 0.000000775. The first-order valence-electron chi connectivity index (χ1n) is 9.87. The van der Waals surface area contributed by atoms with E-state index < -0.39 is 5.97 Å². The van der Waals surface area contributed by atoms with Gasteiger partial charge in [-0.15, -0.1) is 0 Å². The molecular weight excluding hydrogens is 419 g/mol. The summed E-state index contributed by atoms with van der Waals surface area (Å²) in [6.45, 7) is 13.9. The van der Waals surface area contributed by atoms with Crippen molar-refractivity contribution < 1.29 is 9.53 Å². The van der Waals surface area contributed by atoms with Crippen LogP contribution < -0.4 is 5.01 Å². The molecule has 0 heterocycles. The van der Waals surface area contributed by atoms with Gasteiger partial charge in [0.05, 0.1) is 17.3 Å². The van der Waals surface area contributed by atoms with E-state index in [0.717, 1.165) is 17.5 Å². The van der Waals surface area contributed by atoms with Crippen LogP contribution in [0.3, 0.4) is 0 Å². The maximum atomic E-state index is 11.4. The highest BCUT2D eigenvalue weighted by Gasteiger charge is 2.13. The van der Waals surface area contributed by atoms with Gasteiger partial charge in [-0.3, -0.25) is 0 Å². The van der Waals surface area contributed by atoms with Gasteiger partial charge in [0, 0.05) is 10.7 Å². The molecule has 0 spiro atoms. The van der Waals surface area contributed by atoms with Gasteiger partial charge in [-0.05, 0) is 52.8 Å². The quantitative estimate of drug-likeness (QED) is 0.266. The molecule has 0 unspecified atom stereocenters. The number of carbonyl (C=O) groups excluding carboxylic acids is 1. The molecule has 164 valence electrons. The number of nitrogens with zero attached hydrogens (tertiary/aromatic N) is 2. The van der Waals surface area contributed by atoms with Gasteiger partial charge in [-0.25, -0.2) is 9.80 Å². The summed E-state index contributed by atoms with van der Waals surface area (Å²) >= 11 is 12.1. The second-order valence-electron chi connectivity index (χ2n) is 6.14. The second-order valence-corrected chi connectivity index (χ2v) is 6.99. The van der Waals surface area contributed by atoms with Gasteiger partial charge >= 0.3 is 5.97 Å². The van der Waals surface area contributed by atoms with Crippen molar-refractivity contribution in [2.75, 3.05) is 11.6 Å². The fraction of sp³-hybridized carbons (Fsp3) is 0.333. The summed E-state index contributed by atoms with van der Waals surface area (Å²) in [5, 5.41) is 6.74. The summed E-state index contributed by atoms with van der Waals surface area (Å²) in [6, 6.07) is 15.4. The number of allylic oxidation sites excluding steroid dienone is 2. The number of halogens is 2. The van der Waals surface area contributed by atoms with Crippen molar-refractivity contribution in [1.82, 2.24) is 0 Å². The first-order valence-corrected chi connectivity index (χ1v) is 10.6. The van der Waals surface area contributed by atoms with Crippen LogP contribution in [0.5, 0.6) is 0 Å². The number of carbonyl (C=O) groups is 1. The Morgan fingerprint density at radius 3 is 2.10 bits per heavy atom. The first-order chi connectivity index (χ1) is 14.3. The van der Waals surface area contributed by atoms with E-state index in [2.05, 4.69) is 24.2 Å². The number of hydrazone groups is 1. The fourth-order valence-electron chi connectivity index (χ4n) is 2.01. The molecule has 0 N–H and O–H groups in total. The molecule has 0 aliphatic heterocycles. The molecule has 2 aromatic rings. The minimum atomic E-state index is -0.505. The number of anilines is 1. The maximum Gasteiger partial charge on any atom is 0.351 e. The van der Waals surface area contributed by atoms with Crippen molar-refractivity contribution in [2.24, 2.45) is 5.10 Å². The molecule has 0 saturated heterocycles. The minimum absolute atomic E-state index is 0.300. The summed E-state index contributed by atoms with van der Waals surface area (Å²) in [4.78, 5) is 11.4. The Labute approximate surface area is 191 Å². The molecule has 6 heteroatoms. The van der Waals surface area contributed by atoms with Gasteiger partial charge in [0.2, 0.25) is 0 Å². The smallest absolute Gasteiger partial charge is 0.351 e. The Bertz CT molecular complexity index is 830. The van der Waals surface area contributed by atoms with Crippen LogP contribution in [-0.4, -0.2) is 18.8 Å². The third-order valence-corrected chi connectivity index (χ3v) is 4.22. The molecule has 0 saturated carbocycles. The molecule has 0 bridgehead atoms. The van der Waals surface area contributed by atoms with E-state index in [0.29, 0.717) is 22.3 Å². The first kappa shape index (κ1) is 27.7. The molecule has 0 radical (unpaired) electrons. The maximum absolute atomic E-state index is 11.4. The normalized spacial score (nSPS) is 9.63. The molecule has 2 rings (SSSR count). The summed E-state index contributed by atoms with van der Waals surface area (Å²) < 4.78 is 4.83. The molecule has 0 aliphatic rings. The molecule has 30 heavy (non-hydrogen) atoms. The highest BCUT2D eigenvalue weighted by Crippen LogP contribution is 2.31. The lowest BCUT2D eigenvalue weighted by Crippen LogP contribution is -2.17. The van der Waals surface area contributed by atoms with E-state index in [4.69, 9.17) is 27.9 Å². The van der Waals surface area contributed by atoms with Crippen LogP contribution in [0.2, 0.25) is 10.0 Å². The predicted molar refractivity (Wildman–Crippen MR) is 131 cm³/mol. The van der Waals surface area contributed by atoms with Crippen molar-refractivity contribution in [1.29, 1.82) is 0 Å². The van der Waals surface area contributed by atoms with E-state index in [1.807, 2.05) is 52.8 Å². The Hall–Kier alpha value is -2.30. The van der Waals surface area contributed by atoms with Crippen LogP contribution in [0, 0.1) is 6.92 Å². The lowest BCUT2D eigenvalue weighted by molar-refractivity contribution is -0.134. The number of ether oxygens (including phenoxy) is 1. The third kappa shape index (κ3) is 10.5. The van der Waals surface area contributed by atoms with Crippen molar-refractivity contribution in [2.45, 2.75) is 48.5 Å². The zero-order chi connectivity index (χ0) is 23.1. The van der Waals surface area contributed by atoms with E-state index in [1.165, 1.54) is 5.56 Å². The molecule has 0 amide bonds. The summed E-state index contributed by atoms with van der Waals surface area (Å²) in [7, 11) is 0. The van der Waals surface area contributed by atoms with Crippen molar-refractivity contribution in [3.05, 3.63) is 75.4 Å². The lowest BCUT2D eigenvalue weighted by atomic mass is 10.2. The molecule has 0 aromatic heterocycles. The molecule has 4 nitrogen and oxygen atoms in total. The molecule has 2 aromatic carbocycles. The minimum Gasteiger partial charge on any atom is -0.462 e. The summed E-state index contributed by atoms with van der Waals surface area (Å²) in [5.74, 6) is -0.505. The van der Waals surface area contributed by atoms with Gasteiger partial charge in [0.15, 0.2) is 0 Å². The van der Waals surface area contributed by atoms with E-state index >= 15 is 0 Å². The van der Waals surface area contributed by atoms with Gasteiger partial charge in [-0.1, -0.05) is 78.5 Å². The van der Waals surface area contributed by atoms with Crippen LogP contribution in [0.25, 0.3) is 0 Å². The Kier molecular flexibility index (Phi) is 14.3. The Morgan fingerprint density at radius 2 is 1.67 bits per heavy atom. The highest BCUT2D eigenvalue weighted by atomic mass is 35.5. The zero-order valence-electron chi connectivity index (χ0n) is 18.9. The average molecular weight is 451 g/mol. The SMILES string of the molecule is CC.CCOC(=O)/C=N/N(C(C)=C(C)C)c1ccc(Cl)cc1Cl.Cc1ccccc1. The van der Waals surface area contributed by atoms with Gasteiger partial charge in [0.1, 0.15) is 6.21 Å². The van der Waals surface area contributed by atoms with Crippen molar-refractivity contribution in [3.8, 4) is 0 Å². The van der Waals surface area contributed by atoms with Gasteiger partial charge < -0.3 is 4.74 Å². The zero-order valence-corrected chi connectivity index (χ0v) is 20.4. The highest BCUT2D eigenvalue weighted by molar-refractivity contribution is 6.36. The van der Waals surface area contributed by atoms with Gasteiger partial charge in [-0.2, -0.15) is 5.10 Å². The van der Waals surface area contributed by atoms with E-state index in [9.17, 15) is 4.79 Å². The monoisotopic (exact) mass is 450 g/mol. The number of hydrogen-bond acceptors (Lipinski definition) is 4. The number of aryl methyl sites for hydroxylation is 1. The largest absolute Gasteiger partial charge is 0.462 e. The predicted octanol–water partition coefficient (Wildman–Crippen LogP) is 7.68. The number of esters is 1. The summed E-state index contributed by atoms with van der Waals surface area (Å²) in [6.07, 6.45) is 1.13. The van der Waals surface area contributed by atoms with E-state index in [1.54, 1.807) is 30.1 Å². The topological polar surface area (TPSA) is 41.9 Å². The third-order valence-electron chi connectivity index (χ3n) is 3.68. The summed E-state index contributed by atoms with van der Waals surface area (Å²) in [5.41, 5.74) is 3.87. The Morgan fingerprint density at radius 1 is 1.07 bits per heavy atom. The molecular formula is C24H32Cl2N2O2.